The second-order valence-corrected chi connectivity index (χ2v) is 8.64. The van der Waals surface area contributed by atoms with Crippen LogP contribution in [0, 0.1) is 17.8 Å². The Morgan fingerprint density at radius 1 is 1.14 bits per heavy atom. The van der Waals surface area contributed by atoms with Gasteiger partial charge in [-0.15, -0.1) is 0 Å². The minimum Gasteiger partial charge on any atom is -0.482 e. The van der Waals surface area contributed by atoms with Gasteiger partial charge in [-0.25, -0.2) is 4.79 Å². The second kappa shape index (κ2) is 10.3. The molecule has 4 atom stereocenters. The highest BCUT2D eigenvalue weighted by Gasteiger charge is 2.45. The van der Waals surface area contributed by atoms with Crippen LogP contribution in [0.2, 0.25) is 0 Å². The first-order valence-corrected chi connectivity index (χ1v) is 11.1. The molecule has 0 bridgehead atoms. The van der Waals surface area contributed by atoms with E-state index in [1.54, 1.807) is 0 Å². The van der Waals surface area contributed by atoms with Crippen LogP contribution >= 0.6 is 0 Å². The zero-order valence-corrected chi connectivity index (χ0v) is 17.5. The smallest absolute Gasteiger partial charge is 0.341 e. The molecule has 0 unspecified atom stereocenters. The van der Waals surface area contributed by atoms with Gasteiger partial charge in [-0.1, -0.05) is 57.6 Å². The standard InChI is InChI=1S/C24H36O4/c1-3-4-5-6-7-8-11-19-20-13-17-10-9-12-22(28-16-24(25)26)21(17)14-18(20)15-23(19)27-2/h9-10,12,18-20,23H,3-8,11,13-16H2,1-2H3,(H,25,26)/t18-,19+,20-,23+/m0/s1. The fourth-order valence-corrected chi connectivity index (χ4v) is 5.48. The van der Waals surface area contributed by atoms with Crippen LogP contribution in [0.15, 0.2) is 18.2 Å². The molecule has 2 aliphatic carbocycles. The zero-order valence-electron chi connectivity index (χ0n) is 17.5. The van der Waals surface area contributed by atoms with Gasteiger partial charge in [0.15, 0.2) is 6.61 Å². The number of fused-ring (bicyclic) bond motifs is 2. The number of aliphatic carboxylic acids is 1. The summed E-state index contributed by atoms with van der Waals surface area (Å²) in [7, 11) is 1.87. The molecule has 1 aromatic rings. The van der Waals surface area contributed by atoms with Crippen LogP contribution in [0.1, 0.15) is 69.4 Å². The molecule has 1 N–H and O–H groups in total. The zero-order chi connectivity index (χ0) is 19.9. The molecule has 4 heteroatoms. The minimum absolute atomic E-state index is 0.272. The van der Waals surface area contributed by atoms with Crippen molar-refractivity contribution in [2.75, 3.05) is 13.7 Å². The normalized spacial score (nSPS) is 25.9. The van der Waals surface area contributed by atoms with E-state index in [1.807, 2.05) is 19.2 Å². The van der Waals surface area contributed by atoms with Crippen molar-refractivity contribution in [3.8, 4) is 5.75 Å². The van der Waals surface area contributed by atoms with Gasteiger partial charge in [0.2, 0.25) is 0 Å². The summed E-state index contributed by atoms with van der Waals surface area (Å²) in [5.74, 6) is 1.79. The molecule has 0 aliphatic heterocycles. The van der Waals surface area contributed by atoms with Crippen molar-refractivity contribution in [2.45, 2.75) is 77.2 Å². The SMILES string of the molecule is CCCCCCCC[C@@H]1[C@H]2Cc3cccc(OCC(=O)O)c3C[C@H]2C[C@H]1OC. The van der Waals surface area contributed by atoms with Crippen molar-refractivity contribution >= 4 is 5.97 Å². The van der Waals surface area contributed by atoms with E-state index in [2.05, 4.69) is 13.0 Å². The van der Waals surface area contributed by atoms with Crippen molar-refractivity contribution in [2.24, 2.45) is 17.8 Å². The average molecular weight is 389 g/mol. The van der Waals surface area contributed by atoms with E-state index in [9.17, 15) is 4.79 Å². The summed E-state index contributed by atoms with van der Waals surface area (Å²) in [6, 6.07) is 6.11. The molecule has 28 heavy (non-hydrogen) atoms. The molecular formula is C24H36O4. The fraction of sp³-hybridized carbons (Fsp3) is 0.708. The van der Waals surface area contributed by atoms with E-state index in [-0.39, 0.29) is 6.61 Å². The topological polar surface area (TPSA) is 55.8 Å². The summed E-state index contributed by atoms with van der Waals surface area (Å²) in [4.78, 5) is 10.9. The lowest BCUT2D eigenvalue weighted by Crippen LogP contribution is -2.27. The molecule has 0 amide bonds. The first-order valence-electron chi connectivity index (χ1n) is 11.1. The van der Waals surface area contributed by atoms with Crippen molar-refractivity contribution in [3.63, 3.8) is 0 Å². The Hall–Kier alpha value is -1.55. The van der Waals surface area contributed by atoms with E-state index < -0.39 is 5.97 Å². The summed E-state index contributed by atoms with van der Waals surface area (Å²) in [6.07, 6.45) is 12.9. The first-order chi connectivity index (χ1) is 13.6. The Kier molecular flexibility index (Phi) is 7.78. The highest BCUT2D eigenvalue weighted by molar-refractivity contribution is 5.68. The number of hydrogen-bond donors (Lipinski definition) is 1. The number of hydrogen-bond acceptors (Lipinski definition) is 3. The molecule has 4 nitrogen and oxygen atoms in total. The molecular weight excluding hydrogens is 352 g/mol. The molecule has 1 fully saturated rings. The predicted octanol–water partition coefficient (Wildman–Crippen LogP) is 5.27. The van der Waals surface area contributed by atoms with Gasteiger partial charge in [0.1, 0.15) is 5.75 Å². The average Bonchev–Trinajstić information content (AvgIpc) is 3.04. The molecule has 0 saturated heterocycles. The summed E-state index contributed by atoms with van der Waals surface area (Å²) in [6.45, 7) is 1.99. The highest BCUT2D eigenvalue weighted by atomic mass is 16.5. The van der Waals surface area contributed by atoms with E-state index in [4.69, 9.17) is 14.6 Å². The summed E-state index contributed by atoms with van der Waals surface area (Å²) in [5.41, 5.74) is 2.56. The van der Waals surface area contributed by atoms with Crippen molar-refractivity contribution in [1.82, 2.24) is 0 Å². The number of carboxylic acid groups (broad SMARTS) is 1. The quantitative estimate of drug-likeness (QED) is 0.525. The van der Waals surface area contributed by atoms with Crippen LogP contribution < -0.4 is 4.74 Å². The van der Waals surface area contributed by atoms with Crippen LogP contribution in [-0.4, -0.2) is 30.9 Å². The van der Waals surface area contributed by atoms with Crippen LogP contribution in [0.5, 0.6) is 5.75 Å². The maximum atomic E-state index is 10.9. The second-order valence-electron chi connectivity index (χ2n) is 8.64. The molecule has 0 heterocycles. The number of ether oxygens (including phenoxy) is 2. The van der Waals surface area contributed by atoms with Gasteiger partial charge in [-0.05, 0) is 60.6 Å². The molecule has 1 aromatic carbocycles. The molecule has 0 radical (unpaired) electrons. The Morgan fingerprint density at radius 3 is 2.68 bits per heavy atom. The van der Waals surface area contributed by atoms with Gasteiger partial charge in [0.05, 0.1) is 6.10 Å². The molecule has 3 rings (SSSR count). The van der Waals surface area contributed by atoms with Gasteiger partial charge in [0, 0.05) is 7.11 Å². The molecule has 0 spiro atoms. The van der Waals surface area contributed by atoms with Gasteiger partial charge in [-0.2, -0.15) is 0 Å². The summed E-state index contributed by atoms with van der Waals surface area (Å²) < 4.78 is 11.5. The fourth-order valence-electron chi connectivity index (χ4n) is 5.48. The van der Waals surface area contributed by atoms with Crippen LogP contribution in [0.25, 0.3) is 0 Å². The third-order valence-corrected chi connectivity index (χ3v) is 6.86. The number of carboxylic acids is 1. The summed E-state index contributed by atoms with van der Waals surface area (Å²) >= 11 is 0. The van der Waals surface area contributed by atoms with Gasteiger partial charge >= 0.3 is 5.97 Å². The lowest BCUT2D eigenvalue weighted by molar-refractivity contribution is -0.139. The first kappa shape index (κ1) is 21.2. The van der Waals surface area contributed by atoms with E-state index in [0.29, 0.717) is 23.9 Å². The minimum atomic E-state index is -0.925. The largest absolute Gasteiger partial charge is 0.482 e. The number of rotatable bonds is 11. The van der Waals surface area contributed by atoms with Gasteiger partial charge in [-0.3, -0.25) is 0 Å². The lowest BCUT2D eigenvalue weighted by atomic mass is 9.73. The maximum absolute atomic E-state index is 10.9. The van der Waals surface area contributed by atoms with E-state index in [0.717, 1.165) is 25.0 Å². The van der Waals surface area contributed by atoms with E-state index >= 15 is 0 Å². The monoisotopic (exact) mass is 388 g/mol. The Morgan fingerprint density at radius 2 is 1.93 bits per heavy atom. The Bertz CT molecular complexity index is 641. The van der Waals surface area contributed by atoms with E-state index in [1.165, 1.54) is 56.1 Å². The molecule has 2 aliphatic rings. The maximum Gasteiger partial charge on any atom is 0.341 e. The number of unbranched alkanes of at least 4 members (excludes halogenated alkanes) is 5. The molecule has 1 saturated carbocycles. The highest BCUT2D eigenvalue weighted by Crippen LogP contribution is 2.49. The van der Waals surface area contributed by atoms with Crippen LogP contribution in [0.4, 0.5) is 0 Å². The molecule has 0 aromatic heterocycles. The Labute approximate surface area is 169 Å². The third-order valence-electron chi connectivity index (χ3n) is 6.86. The number of benzene rings is 1. The molecule has 156 valence electrons. The van der Waals surface area contributed by atoms with Crippen molar-refractivity contribution in [1.29, 1.82) is 0 Å². The Balaban J connectivity index is 1.63. The van der Waals surface area contributed by atoms with Crippen molar-refractivity contribution in [3.05, 3.63) is 29.3 Å². The summed E-state index contributed by atoms with van der Waals surface area (Å²) in [5, 5.41) is 8.94. The lowest BCUT2D eigenvalue weighted by Gasteiger charge is -2.32. The van der Waals surface area contributed by atoms with Crippen molar-refractivity contribution < 1.29 is 19.4 Å². The van der Waals surface area contributed by atoms with Gasteiger partial charge < -0.3 is 14.6 Å². The van der Waals surface area contributed by atoms with Crippen LogP contribution in [-0.2, 0) is 22.4 Å². The number of methoxy groups -OCH3 is 1. The third kappa shape index (κ3) is 5.08. The predicted molar refractivity (Wildman–Crippen MR) is 111 cm³/mol. The van der Waals surface area contributed by atoms with Gasteiger partial charge in [0.25, 0.3) is 0 Å². The van der Waals surface area contributed by atoms with Crippen LogP contribution in [0.3, 0.4) is 0 Å². The number of carbonyl (C=O) groups is 1.